The molecule has 1 aromatic heterocycles. The molecule has 0 unspecified atom stereocenters. The number of esters is 1. The minimum absolute atomic E-state index is 0.272. The summed E-state index contributed by atoms with van der Waals surface area (Å²) >= 11 is 5.99. The Balaban J connectivity index is 2.18. The van der Waals surface area contributed by atoms with Gasteiger partial charge < -0.3 is 10.1 Å². The fourth-order valence-electron chi connectivity index (χ4n) is 1.86. The zero-order valence-corrected chi connectivity index (χ0v) is 12.4. The molecular weight excluding hydrogens is 297 g/mol. The van der Waals surface area contributed by atoms with Gasteiger partial charge >= 0.3 is 5.97 Å². The summed E-state index contributed by atoms with van der Waals surface area (Å²) in [7, 11) is 1.72. The summed E-state index contributed by atoms with van der Waals surface area (Å²) in [5.41, 5.74) is 1.46. The van der Waals surface area contributed by atoms with E-state index in [4.69, 9.17) is 16.3 Å². The Hall–Kier alpha value is -2.08. The van der Waals surface area contributed by atoms with E-state index in [-0.39, 0.29) is 13.2 Å². The molecule has 0 amide bonds. The molecule has 0 atom stereocenters. The van der Waals surface area contributed by atoms with E-state index in [1.165, 1.54) is 24.4 Å². The summed E-state index contributed by atoms with van der Waals surface area (Å²) in [6.45, 7) is 2.29. The van der Waals surface area contributed by atoms with Crippen LogP contribution in [0.25, 0.3) is 0 Å². The number of hydrogen-bond acceptors (Lipinski definition) is 4. The Morgan fingerprint density at radius 3 is 3.00 bits per heavy atom. The van der Waals surface area contributed by atoms with E-state index < -0.39 is 11.8 Å². The lowest BCUT2D eigenvalue weighted by molar-refractivity contribution is 0.0525. The molecule has 0 spiro atoms. The Morgan fingerprint density at radius 1 is 1.52 bits per heavy atom. The second-order valence-corrected chi connectivity index (χ2v) is 4.73. The van der Waals surface area contributed by atoms with Crippen LogP contribution >= 0.6 is 11.6 Å². The number of aromatic nitrogens is 2. The van der Waals surface area contributed by atoms with Crippen LogP contribution in [0.4, 0.5) is 10.1 Å². The van der Waals surface area contributed by atoms with Gasteiger partial charge in [-0.25, -0.2) is 9.18 Å². The van der Waals surface area contributed by atoms with Crippen LogP contribution in [-0.4, -0.2) is 22.4 Å². The number of nitrogens with zero attached hydrogens (tertiary/aromatic N) is 2. The Kier molecular flexibility index (Phi) is 4.80. The van der Waals surface area contributed by atoms with Crippen LogP contribution in [0, 0.1) is 5.82 Å². The smallest absolute Gasteiger partial charge is 0.341 e. The van der Waals surface area contributed by atoms with E-state index in [1.807, 2.05) is 0 Å². The fourth-order valence-corrected chi connectivity index (χ4v) is 2.05. The van der Waals surface area contributed by atoms with Crippen LogP contribution in [0.15, 0.2) is 24.4 Å². The highest BCUT2D eigenvalue weighted by molar-refractivity contribution is 6.33. The number of ether oxygens (including phenoxy) is 1. The van der Waals surface area contributed by atoms with Crippen molar-refractivity contribution in [3.05, 3.63) is 46.5 Å². The average molecular weight is 312 g/mol. The molecule has 0 bridgehead atoms. The van der Waals surface area contributed by atoms with Crippen LogP contribution in [0.5, 0.6) is 0 Å². The molecule has 5 nitrogen and oxygen atoms in total. The summed E-state index contributed by atoms with van der Waals surface area (Å²) in [5, 5.41) is 7.43. The molecule has 0 aliphatic carbocycles. The second kappa shape index (κ2) is 6.58. The van der Waals surface area contributed by atoms with Crippen molar-refractivity contribution in [3.8, 4) is 0 Å². The molecule has 2 rings (SSSR count). The van der Waals surface area contributed by atoms with Gasteiger partial charge in [0.05, 0.1) is 35.8 Å². The standard InChI is InChI=1S/C14H15ClFN3O2/c1-3-21-14(20)10-7-18-19(2)13(10)8-17-12-6-9(16)4-5-11(12)15/h4-7,17H,3,8H2,1-2H3. The average Bonchev–Trinajstić information content (AvgIpc) is 2.81. The van der Waals surface area contributed by atoms with Gasteiger partial charge in [-0.1, -0.05) is 11.6 Å². The normalized spacial score (nSPS) is 10.5. The van der Waals surface area contributed by atoms with Crippen LogP contribution in [0.3, 0.4) is 0 Å². The van der Waals surface area contributed by atoms with Crippen molar-refractivity contribution in [1.82, 2.24) is 9.78 Å². The summed E-state index contributed by atoms with van der Waals surface area (Å²) in [6.07, 6.45) is 1.45. The maximum atomic E-state index is 13.2. The minimum Gasteiger partial charge on any atom is -0.462 e. The van der Waals surface area contributed by atoms with Crippen molar-refractivity contribution >= 4 is 23.3 Å². The molecular formula is C14H15ClFN3O2. The molecule has 0 radical (unpaired) electrons. The van der Waals surface area contributed by atoms with Crippen molar-refractivity contribution in [1.29, 1.82) is 0 Å². The molecule has 112 valence electrons. The lowest BCUT2D eigenvalue weighted by Crippen LogP contribution is -2.12. The molecule has 0 fully saturated rings. The second-order valence-electron chi connectivity index (χ2n) is 4.33. The van der Waals surface area contributed by atoms with Gasteiger partial charge in [0.1, 0.15) is 11.4 Å². The Labute approximate surface area is 126 Å². The number of hydrogen-bond donors (Lipinski definition) is 1. The van der Waals surface area contributed by atoms with Gasteiger partial charge in [-0.2, -0.15) is 5.10 Å². The fraction of sp³-hybridized carbons (Fsp3) is 0.286. The van der Waals surface area contributed by atoms with E-state index in [2.05, 4.69) is 10.4 Å². The van der Waals surface area contributed by atoms with E-state index in [9.17, 15) is 9.18 Å². The van der Waals surface area contributed by atoms with Crippen molar-refractivity contribution in [3.63, 3.8) is 0 Å². The molecule has 0 saturated carbocycles. The molecule has 0 aliphatic rings. The number of halogens is 2. The number of anilines is 1. The van der Waals surface area contributed by atoms with Crippen LogP contribution in [0.2, 0.25) is 5.02 Å². The number of aryl methyl sites for hydroxylation is 1. The van der Waals surface area contributed by atoms with Gasteiger partial charge in [0.25, 0.3) is 0 Å². The summed E-state index contributed by atoms with van der Waals surface area (Å²) in [6, 6.07) is 4.04. The van der Waals surface area contributed by atoms with Crippen molar-refractivity contribution < 1.29 is 13.9 Å². The largest absolute Gasteiger partial charge is 0.462 e. The number of benzene rings is 1. The lowest BCUT2D eigenvalue weighted by Gasteiger charge is -2.10. The number of carbonyl (C=O) groups excluding carboxylic acids is 1. The van der Waals surface area contributed by atoms with E-state index >= 15 is 0 Å². The third-order valence-electron chi connectivity index (χ3n) is 2.93. The first kappa shape index (κ1) is 15.3. The van der Waals surface area contributed by atoms with Gasteiger partial charge in [-0.3, -0.25) is 4.68 Å². The Bertz CT molecular complexity index is 658. The molecule has 1 heterocycles. The first-order valence-electron chi connectivity index (χ1n) is 6.39. The maximum Gasteiger partial charge on any atom is 0.341 e. The molecule has 1 aromatic carbocycles. The third kappa shape index (κ3) is 3.52. The molecule has 1 N–H and O–H groups in total. The van der Waals surface area contributed by atoms with E-state index in [1.54, 1.807) is 18.7 Å². The topological polar surface area (TPSA) is 56.1 Å². The summed E-state index contributed by atoms with van der Waals surface area (Å²) in [4.78, 5) is 11.8. The number of carbonyl (C=O) groups is 1. The number of rotatable bonds is 5. The quantitative estimate of drug-likeness (QED) is 0.862. The van der Waals surface area contributed by atoms with Gasteiger partial charge in [-0.15, -0.1) is 0 Å². The lowest BCUT2D eigenvalue weighted by atomic mass is 10.2. The summed E-state index contributed by atoms with van der Waals surface area (Å²) in [5.74, 6) is -0.828. The molecule has 0 aliphatic heterocycles. The Morgan fingerprint density at radius 2 is 2.29 bits per heavy atom. The predicted octanol–water partition coefficient (Wildman–Crippen LogP) is 3.00. The highest BCUT2D eigenvalue weighted by atomic mass is 35.5. The zero-order chi connectivity index (χ0) is 15.4. The molecule has 21 heavy (non-hydrogen) atoms. The van der Waals surface area contributed by atoms with Gasteiger partial charge in [0.15, 0.2) is 0 Å². The van der Waals surface area contributed by atoms with Crippen molar-refractivity contribution in [2.75, 3.05) is 11.9 Å². The van der Waals surface area contributed by atoms with Crippen molar-refractivity contribution in [2.45, 2.75) is 13.5 Å². The SMILES string of the molecule is CCOC(=O)c1cnn(C)c1CNc1cc(F)ccc1Cl. The van der Waals surface area contributed by atoms with Crippen LogP contribution in [0.1, 0.15) is 23.0 Å². The zero-order valence-electron chi connectivity index (χ0n) is 11.7. The highest BCUT2D eigenvalue weighted by Crippen LogP contribution is 2.23. The number of nitrogens with one attached hydrogen (secondary N) is 1. The first-order valence-corrected chi connectivity index (χ1v) is 6.77. The molecule has 7 heteroatoms. The van der Waals surface area contributed by atoms with E-state index in [0.29, 0.717) is 22.0 Å². The maximum absolute atomic E-state index is 13.2. The van der Waals surface area contributed by atoms with Gasteiger partial charge in [-0.05, 0) is 25.1 Å². The molecule has 2 aromatic rings. The highest BCUT2D eigenvalue weighted by Gasteiger charge is 2.17. The third-order valence-corrected chi connectivity index (χ3v) is 3.26. The van der Waals surface area contributed by atoms with Crippen LogP contribution < -0.4 is 5.32 Å². The first-order chi connectivity index (χ1) is 10.0. The monoisotopic (exact) mass is 311 g/mol. The van der Waals surface area contributed by atoms with Gasteiger partial charge in [0.2, 0.25) is 0 Å². The van der Waals surface area contributed by atoms with Crippen LogP contribution in [-0.2, 0) is 18.3 Å². The predicted molar refractivity (Wildman–Crippen MR) is 77.9 cm³/mol. The van der Waals surface area contributed by atoms with E-state index in [0.717, 1.165) is 0 Å². The molecule has 0 saturated heterocycles. The summed E-state index contributed by atoms with van der Waals surface area (Å²) < 4.78 is 19.7. The van der Waals surface area contributed by atoms with Gasteiger partial charge in [0, 0.05) is 7.05 Å². The van der Waals surface area contributed by atoms with Crippen molar-refractivity contribution in [2.24, 2.45) is 7.05 Å². The minimum atomic E-state index is -0.437.